The molecule has 5 aromatic rings. The summed E-state index contributed by atoms with van der Waals surface area (Å²) in [6.07, 6.45) is -0.636. The molecule has 60 heavy (non-hydrogen) atoms. The highest BCUT2D eigenvalue weighted by molar-refractivity contribution is 7.46. The third-order valence-corrected chi connectivity index (χ3v) is 12.8. The third kappa shape index (κ3) is 6.33. The van der Waals surface area contributed by atoms with E-state index in [0.29, 0.717) is 64.2 Å². The highest BCUT2D eigenvalue weighted by atomic mass is 31.2. The monoisotopic (exact) mass is 848 g/mol. The number of rotatable bonds is 8. The molecule has 0 radical (unpaired) electrons. The summed E-state index contributed by atoms with van der Waals surface area (Å²) in [5.41, 5.74) is 2.36. The molecule has 12 nitrogen and oxygen atoms in total. The van der Waals surface area contributed by atoms with Gasteiger partial charge < -0.3 is 14.2 Å². The van der Waals surface area contributed by atoms with Crippen LogP contribution in [0.5, 0.6) is 5.75 Å². The Morgan fingerprint density at radius 3 is 2.38 bits per heavy atom. The van der Waals surface area contributed by atoms with Gasteiger partial charge in [0.2, 0.25) is 11.9 Å². The number of nitrogens with zero attached hydrogens (tertiary/aromatic N) is 6. The fourth-order valence-electron chi connectivity index (χ4n) is 9.77. The number of phosphoric acid groups is 1. The SMILES string of the molecule is CCc1cccc2c1-n1nc3c(c1C1(C)C2=C(F)C(C)(OC)c2c1ccn2C(=O)CC(C)(C)c1c(C)cc(C)cc1OP(=O)(O)O)CN(c1ncc(C(F)(F)F)cn1)CC3. The minimum Gasteiger partial charge on any atom is -0.404 e. The first kappa shape index (κ1) is 41.6. The second-order valence-electron chi connectivity index (χ2n) is 16.8. The first-order valence-corrected chi connectivity index (χ1v) is 21.0. The van der Waals surface area contributed by atoms with E-state index in [1.807, 2.05) is 42.8 Å². The van der Waals surface area contributed by atoms with Crippen molar-refractivity contribution in [1.29, 1.82) is 0 Å². The number of benzene rings is 2. The van der Waals surface area contributed by atoms with Gasteiger partial charge in [-0.15, -0.1) is 0 Å². The van der Waals surface area contributed by atoms with Gasteiger partial charge in [0.1, 0.15) is 11.6 Å². The minimum atomic E-state index is -4.97. The van der Waals surface area contributed by atoms with Gasteiger partial charge in [-0.1, -0.05) is 45.0 Å². The molecule has 0 amide bonds. The molecule has 2 aliphatic heterocycles. The van der Waals surface area contributed by atoms with E-state index in [1.165, 1.54) is 17.7 Å². The summed E-state index contributed by atoms with van der Waals surface area (Å²) in [5, 5.41) is 5.16. The third-order valence-electron chi connectivity index (χ3n) is 12.4. The van der Waals surface area contributed by atoms with Gasteiger partial charge in [-0.25, -0.2) is 23.6 Å². The molecule has 2 N–H and O–H groups in total. The molecule has 0 saturated carbocycles. The molecule has 3 aliphatic rings. The molecule has 2 unspecified atom stereocenters. The predicted molar refractivity (Wildman–Crippen MR) is 215 cm³/mol. The zero-order valence-electron chi connectivity index (χ0n) is 34.4. The van der Waals surface area contributed by atoms with Crippen LogP contribution in [0.2, 0.25) is 0 Å². The van der Waals surface area contributed by atoms with Gasteiger partial charge in [-0.3, -0.25) is 19.1 Å². The van der Waals surface area contributed by atoms with Crippen molar-refractivity contribution in [3.8, 4) is 11.4 Å². The van der Waals surface area contributed by atoms with Gasteiger partial charge in [-0.05, 0) is 68.5 Å². The van der Waals surface area contributed by atoms with Crippen LogP contribution < -0.4 is 9.42 Å². The van der Waals surface area contributed by atoms with Gasteiger partial charge in [0.25, 0.3) is 0 Å². The summed E-state index contributed by atoms with van der Waals surface area (Å²) >= 11 is 0. The molecule has 17 heteroatoms. The van der Waals surface area contributed by atoms with Gasteiger partial charge in [0.05, 0.1) is 33.7 Å². The van der Waals surface area contributed by atoms with Crippen LogP contribution in [0.25, 0.3) is 11.3 Å². The number of hydrogen-bond donors (Lipinski definition) is 2. The Bertz CT molecular complexity index is 2680. The van der Waals surface area contributed by atoms with E-state index in [0.717, 1.165) is 29.2 Å². The normalized spacial score (nSPS) is 20.0. The molecule has 0 bridgehead atoms. The molecule has 0 saturated heterocycles. The van der Waals surface area contributed by atoms with Crippen LogP contribution in [0.3, 0.4) is 0 Å². The largest absolute Gasteiger partial charge is 0.524 e. The second-order valence-corrected chi connectivity index (χ2v) is 17.9. The molecular weight excluding hydrogens is 803 g/mol. The van der Waals surface area contributed by atoms with E-state index in [4.69, 9.17) is 14.4 Å². The summed E-state index contributed by atoms with van der Waals surface area (Å²) in [6, 6.07) is 10.9. The average Bonchev–Trinajstić information content (AvgIpc) is 3.79. The molecule has 3 aromatic heterocycles. The van der Waals surface area contributed by atoms with Crippen molar-refractivity contribution in [1.82, 2.24) is 24.3 Å². The summed E-state index contributed by atoms with van der Waals surface area (Å²) in [5.74, 6) is -0.965. The van der Waals surface area contributed by atoms with E-state index < -0.39 is 47.7 Å². The first-order valence-electron chi connectivity index (χ1n) is 19.5. The maximum atomic E-state index is 18.1. The molecule has 0 fully saturated rings. The molecule has 316 valence electrons. The summed E-state index contributed by atoms with van der Waals surface area (Å²) in [4.78, 5) is 44.3. The van der Waals surface area contributed by atoms with Crippen molar-refractivity contribution >= 4 is 25.3 Å². The molecule has 2 atom stereocenters. The average molecular weight is 849 g/mol. The molecule has 2 aromatic carbocycles. The van der Waals surface area contributed by atoms with Crippen molar-refractivity contribution in [2.75, 3.05) is 18.6 Å². The lowest BCUT2D eigenvalue weighted by atomic mass is 9.61. The summed E-state index contributed by atoms with van der Waals surface area (Å²) in [6.45, 7) is 13.2. The number of fused-ring (bicyclic) bond motifs is 10. The predicted octanol–water partition coefficient (Wildman–Crippen LogP) is 8.58. The zero-order chi connectivity index (χ0) is 43.5. The number of anilines is 1. The van der Waals surface area contributed by atoms with Gasteiger partial charge in [-0.2, -0.15) is 18.3 Å². The lowest BCUT2D eigenvalue weighted by molar-refractivity contribution is -0.138. The number of carbonyl (C=O) groups excluding carboxylic acids is 1. The number of aromatic nitrogens is 5. The number of phosphoric ester groups is 1. The quantitative estimate of drug-likeness (QED) is 0.115. The Morgan fingerprint density at radius 1 is 1.05 bits per heavy atom. The van der Waals surface area contributed by atoms with Crippen LogP contribution in [-0.2, 0) is 51.3 Å². The van der Waals surface area contributed by atoms with Crippen LogP contribution in [0.15, 0.2) is 60.8 Å². The Kier molecular flexibility index (Phi) is 9.66. The van der Waals surface area contributed by atoms with Crippen LogP contribution in [-0.4, -0.2) is 53.7 Å². The zero-order valence-corrected chi connectivity index (χ0v) is 35.3. The van der Waals surface area contributed by atoms with Gasteiger partial charge in [0, 0.05) is 79.3 Å². The van der Waals surface area contributed by atoms with E-state index in [9.17, 15) is 32.3 Å². The van der Waals surface area contributed by atoms with Crippen molar-refractivity contribution < 1.29 is 46.0 Å². The summed E-state index contributed by atoms with van der Waals surface area (Å²) in [7, 11) is -3.58. The second kappa shape index (κ2) is 13.9. The maximum Gasteiger partial charge on any atom is 0.524 e. The van der Waals surface area contributed by atoms with E-state index in [1.54, 1.807) is 51.8 Å². The molecule has 5 heterocycles. The molecule has 1 aliphatic carbocycles. The minimum absolute atomic E-state index is 0.0397. The van der Waals surface area contributed by atoms with E-state index in [-0.39, 0.29) is 30.4 Å². The van der Waals surface area contributed by atoms with Crippen molar-refractivity contribution in [3.63, 3.8) is 0 Å². The van der Waals surface area contributed by atoms with Gasteiger partial charge in [0.15, 0.2) is 5.60 Å². The van der Waals surface area contributed by atoms with Crippen LogP contribution in [0, 0.1) is 13.8 Å². The maximum absolute atomic E-state index is 18.1. The topological polar surface area (TPSA) is 145 Å². The number of allylic oxidation sites excluding steroid dienone is 1. The highest BCUT2D eigenvalue weighted by Crippen LogP contribution is 2.61. The Morgan fingerprint density at radius 2 is 1.75 bits per heavy atom. The molecule has 0 spiro atoms. The smallest absolute Gasteiger partial charge is 0.404 e. The standard InChI is InChI=1S/C43H45F4N6O6P/c1-9-25-11-10-12-27-34-36(44)42(7,58-8)38-29(13-16-52(38)32(54)19-40(4,5)33-24(3)17-23(2)18-31(33)59-60(55,56)57)41(34,6)37-28-22-51(15-14-30(28)50-53(37)35(25)27)39-48-20-26(21-49-39)43(45,46)47/h10-13,16-18,20-21H,9,14-15,19,22H2,1-8H3,(H2,55,56,57). The Balaban J connectivity index is 1.30. The van der Waals surface area contributed by atoms with Crippen LogP contribution in [0.1, 0.15) is 107 Å². The number of carbonyl (C=O) groups is 1. The fourth-order valence-corrected chi connectivity index (χ4v) is 10.2. The number of ether oxygens (including phenoxy) is 1. The number of hydrogen-bond acceptors (Lipinski definition) is 8. The van der Waals surface area contributed by atoms with Crippen molar-refractivity contribution in [2.24, 2.45) is 0 Å². The lowest BCUT2D eigenvalue weighted by Crippen LogP contribution is -2.45. The molecule has 8 rings (SSSR count). The van der Waals surface area contributed by atoms with Crippen molar-refractivity contribution in [2.45, 2.75) is 96.9 Å². The fraction of sp³-hybridized carbons (Fsp3) is 0.395. The van der Waals surface area contributed by atoms with E-state index in [2.05, 4.69) is 9.97 Å². The first-order chi connectivity index (χ1) is 28.0. The highest BCUT2D eigenvalue weighted by Gasteiger charge is 2.57. The number of para-hydroxylation sites is 1. The van der Waals surface area contributed by atoms with E-state index >= 15 is 4.39 Å². The van der Waals surface area contributed by atoms with Crippen LogP contribution >= 0.6 is 7.82 Å². The number of aryl methyl sites for hydroxylation is 3. The number of alkyl halides is 3. The van der Waals surface area contributed by atoms with Crippen molar-refractivity contribution in [3.05, 3.63) is 122 Å². The lowest BCUT2D eigenvalue weighted by Gasteiger charge is -2.47. The summed E-state index contributed by atoms with van der Waals surface area (Å²) < 4.78 is 85.0. The van der Waals surface area contributed by atoms with Crippen LogP contribution in [0.4, 0.5) is 23.5 Å². The number of methoxy groups -OCH3 is 1. The Hall–Kier alpha value is -5.15. The Labute approximate surface area is 344 Å². The molecular formula is C43H45F4N6O6P. The number of halogens is 4. The van der Waals surface area contributed by atoms with Gasteiger partial charge >= 0.3 is 14.0 Å².